The Morgan fingerprint density at radius 2 is 1.97 bits per heavy atom. The highest BCUT2D eigenvalue weighted by Crippen LogP contribution is 2.32. The minimum atomic E-state index is -0.516. The number of nitrogens with one attached hydrogen (secondary N) is 2. The summed E-state index contributed by atoms with van der Waals surface area (Å²) in [7, 11) is 1.42. The highest BCUT2D eigenvalue weighted by Gasteiger charge is 2.19. The molecule has 0 aliphatic rings. The van der Waals surface area contributed by atoms with Crippen LogP contribution in [0, 0.1) is 6.92 Å². The topological polar surface area (TPSA) is 81.1 Å². The zero-order valence-corrected chi connectivity index (χ0v) is 19.1. The van der Waals surface area contributed by atoms with E-state index in [4.69, 9.17) is 40.2 Å². The maximum absolute atomic E-state index is 12.7. The molecule has 30 heavy (non-hydrogen) atoms. The van der Waals surface area contributed by atoms with E-state index in [1.54, 1.807) is 11.6 Å². The fourth-order valence-electron chi connectivity index (χ4n) is 2.52. The van der Waals surface area contributed by atoms with E-state index in [9.17, 15) is 4.79 Å². The van der Waals surface area contributed by atoms with Crippen LogP contribution >= 0.6 is 47.2 Å². The normalized spacial score (nSPS) is 10.5. The number of nitrogens with zero attached hydrogens (tertiary/aromatic N) is 3. The van der Waals surface area contributed by atoms with E-state index < -0.39 is 5.91 Å². The van der Waals surface area contributed by atoms with E-state index in [0.717, 1.165) is 5.56 Å². The van der Waals surface area contributed by atoms with Crippen LogP contribution in [0.15, 0.2) is 47.6 Å². The zero-order chi connectivity index (χ0) is 21.7. The molecule has 11 heteroatoms. The first kappa shape index (κ1) is 22.4. The minimum Gasteiger partial charge on any atom is -0.494 e. The fraction of sp³-hybridized carbons (Fsp3) is 0.158. The van der Waals surface area contributed by atoms with Gasteiger partial charge >= 0.3 is 0 Å². The molecule has 1 heterocycles. The van der Waals surface area contributed by atoms with Crippen LogP contribution in [0.1, 0.15) is 21.7 Å². The number of ether oxygens (including phenoxy) is 1. The van der Waals surface area contributed by atoms with Crippen LogP contribution in [-0.4, -0.2) is 33.0 Å². The SMILES string of the molecule is COc1c(Cl)cc(Cl)cc1C(=O)NC(=S)Nn1c(C)nnc1SCc1ccccc1. The molecule has 0 saturated heterocycles. The first-order valence-electron chi connectivity index (χ1n) is 8.63. The summed E-state index contributed by atoms with van der Waals surface area (Å²) in [5, 5.41) is 12.0. The molecule has 2 aromatic carbocycles. The van der Waals surface area contributed by atoms with Crippen LogP contribution in [-0.2, 0) is 5.75 Å². The van der Waals surface area contributed by atoms with Gasteiger partial charge in [0.15, 0.2) is 5.11 Å². The summed E-state index contributed by atoms with van der Waals surface area (Å²) < 4.78 is 6.82. The summed E-state index contributed by atoms with van der Waals surface area (Å²) in [6.45, 7) is 1.77. The van der Waals surface area contributed by atoms with Gasteiger partial charge in [0.2, 0.25) is 5.16 Å². The Bertz CT molecular complexity index is 1080. The average molecular weight is 482 g/mol. The van der Waals surface area contributed by atoms with E-state index >= 15 is 0 Å². The number of amides is 1. The van der Waals surface area contributed by atoms with Crippen molar-refractivity contribution in [2.24, 2.45) is 0 Å². The first-order chi connectivity index (χ1) is 14.4. The number of carbonyl (C=O) groups is 1. The lowest BCUT2D eigenvalue weighted by Gasteiger charge is -2.15. The molecular formula is C19H17Cl2N5O2S2. The van der Waals surface area contributed by atoms with Crippen molar-refractivity contribution in [2.45, 2.75) is 17.8 Å². The van der Waals surface area contributed by atoms with Gasteiger partial charge in [0.25, 0.3) is 5.91 Å². The molecule has 0 spiro atoms. The third kappa shape index (κ3) is 5.42. The lowest BCUT2D eigenvalue weighted by molar-refractivity contribution is 0.0974. The maximum Gasteiger partial charge on any atom is 0.261 e. The molecule has 0 bridgehead atoms. The highest BCUT2D eigenvalue weighted by molar-refractivity contribution is 7.98. The predicted octanol–water partition coefficient (Wildman–Crippen LogP) is 4.45. The number of halogens is 2. The summed E-state index contributed by atoms with van der Waals surface area (Å²) in [5.74, 6) is 0.988. The van der Waals surface area contributed by atoms with Gasteiger partial charge in [-0.3, -0.25) is 15.5 Å². The van der Waals surface area contributed by atoms with Crippen LogP contribution in [0.2, 0.25) is 10.0 Å². The van der Waals surface area contributed by atoms with Gasteiger partial charge in [-0.15, -0.1) is 10.2 Å². The molecule has 0 aliphatic carbocycles. The molecule has 3 aromatic rings. The number of hydrogen-bond acceptors (Lipinski definition) is 6. The predicted molar refractivity (Wildman–Crippen MR) is 123 cm³/mol. The van der Waals surface area contributed by atoms with Crippen molar-refractivity contribution < 1.29 is 9.53 Å². The summed E-state index contributed by atoms with van der Waals surface area (Å²) in [6.07, 6.45) is 0. The first-order valence-corrected chi connectivity index (χ1v) is 10.8. The molecule has 0 radical (unpaired) electrons. The number of carbonyl (C=O) groups excluding carboxylic acids is 1. The summed E-state index contributed by atoms with van der Waals surface area (Å²) in [5.41, 5.74) is 4.24. The van der Waals surface area contributed by atoms with Crippen LogP contribution < -0.4 is 15.5 Å². The van der Waals surface area contributed by atoms with Gasteiger partial charge in [-0.05, 0) is 36.8 Å². The van der Waals surface area contributed by atoms with E-state index in [-0.39, 0.29) is 21.4 Å². The fourth-order valence-corrected chi connectivity index (χ4v) is 4.17. The molecule has 0 saturated carbocycles. The standard InChI is InChI=1S/C19H17Cl2N5O2S2/c1-11-23-24-19(30-10-12-6-4-3-5-7-12)26(11)25-18(29)22-17(27)14-8-13(20)9-15(21)16(14)28-2/h3-9H,10H2,1-2H3,(H2,22,25,27,29). The quantitative estimate of drug-likeness (QED) is 0.397. The number of aryl methyl sites for hydroxylation is 1. The monoisotopic (exact) mass is 481 g/mol. The van der Waals surface area contributed by atoms with Gasteiger partial charge < -0.3 is 4.74 Å². The van der Waals surface area contributed by atoms with Crippen molar-refractivity contribution in [1.82, 2.24) is 20.2 Å². The molecule has 0 atom stereocenters. The Labute approximate surface area is 193 Å². The number of thiocarbonyl (C=S) groups is 1. The molecule has 0 fully saturated rings. The van der Waals surface area contributed by atoms with Crippen molar-refractivity contribution in [3.8, 4) is 5.75 Å². The number of aromatic nitrogens is 3. The minimum absolute atomic E-state index is 0.0580. The Hall–Kier alpha value is -2.33. The Morgan fingerprint density at radius 3 is 2.67 bits per heavy atom. The second kappa shape index (κ2) is 10.1. The second-order valence-electron chi connectivity index (χ2n) is 6.00. The largest absolute Gasteiger partial charge is 0.494 e. The molecule has 3 rings (SSSR count). The highest BCUT2D eigenvalue weighted by atomic mass is 35.5. The summed E-state index contributed by atoms with van der Waals surface area (Å²) >= 11 is 18.9. The molecule has 0 unspecified atom stereocenters. The molecule has 1 aromatic heterocycles. The van der Waals surface area contributed by atoms with Gasteiger partial charge in [0.1, 0.15) is 11.6 Å². The Kier molecular flexibility index (Phi) is 7.54. The van der Waals surface area contributed by atoms with Gasteiger partial charge in [0.05, 0.1) is 17.7 Å². The number of methoxy groups -OCH3 is 1. The van der Waals surface area contributed by atoms with Crippen LogP contribution in [0.5, 0.6) is 5.75 Å². The molecular weight excluding hydrogens is 465 g/mol. The number of thioether (sulfide) groups is 1. The van der Waals surface area contributed by atoms with Gasteiger partial charge in [-0.25, -0.2) is 4.68 Å². The summed E-state index contributed by atoms with van der Waals surface area (Å²) in [6, 6.07) is 12.9. The van der Waals surface area contributed by atoms with Crippen LogP contribution in [0.3, 0.4) is 0 Å². The Balaban J connectivity index is 1.70. The van der Waals surface area contributed by atoms with Gasteiger partial charge in [0, 0.05) is 10.8 Å². The molecule has 0 aliphatic heterocycles. The molecule has 2 N–H and O–H groups in total. The van der Waals surface area contributed by atoms with Crippen molar-refractivity contribution in [2.75, 3.05) is 12.5 Å². The molecule has 156 valence electrons. The number of hydrogen-bond donors (Lipinski definition) is 2. The molecule has 1 amide bonds. The van der Waals surface area contributed by atoms with Crippen LogP contribution in [0.4, 0.5) is 0 Å². The average Bonchev–Trinajstić information content (AvgIpc) is 3.06. The maximum atomic E-state index is 12.7. The summed E-state index contributed by atoms with van der Waals surface area (Å²) in [4.78, 5) is 12.7. The lowest BCUT2D eigenvalue weighted by Crippen LogP contribution is -2.38. The van der Waals surface area contributed by atoms with E-state index in [0.29, 0.717) is 21.8 Å². The second-order valence-corrected chi connectivity index (χ2v) is 8.20. The zero-order valence-electron chi connectivity index (χ0n) is 16.0. The van der Waals surface area contributed by atoms with E-state index in [1.165, 1.54) is 31.0 Å². The van der Waals surface area contributed by atoms with E-state index in [2.05, 4.69) is 20.9 Å². The Morgan fingerprint density at radius 1 is 1.23 bits per heavy atom. The van der Waals surface area contributed by atoms with E-state index in [1.807, 2.05) is 30.3 Å². The third-order valence-corrected chi connectivity index (χ3v) is 5.60. The van der Waals surface area contributed by atoms with Crippen molar-refractivity contribution in [3.05, 3.63) is 69.5 Å². The van der Waals surface area contributed by atoms with Crippen molar-refractivity contribution in [3.63, 3.8) is 0 Å². The lowest BCUT2D eigenvalue weighted by atomic mass is 10.2. The van der Waals surface area contributed by atoms with Crippen LogP contribution in [0.25, 0.3) is 0 Å². The number of rotatable bonds is 6. The smallest absolute Gasteiger partial charge is 0.261 e. The molecule has 7 nitrogen and oxygen atoms in total. The van der Waals surface area contributed by atoms with Gasteiger partial charge in [-0.1, -0.05) is 65.3 Å². The van der Waals surface area contributed by atoms with Crippen molar-refractivity contribution >= 4 is 58.2 Å². The van der Waals surface area contributed by atoms with Crippen molar-refractivity contribution in [1.29, 1.82) is 0 Å². The third-order valence-electron chi connectivity index (χ3n) is 3.90. The van der Waals surface area contributed by atoms with Gasteiger partial charge in [-0.2, -0.15) is 0 Å². The number of benzene rings is 2.